The molecule has 2 aromatic carbocycles. The van der Waals surface area contributed by atoms with Crippen molar-refractivity contribution >= 4 is 0 Å². The van der Waals surface area contributed by atoms with E-state index in [-0.39, 0.29) is 6.61 Å². The Morgan fingerprint density at radius 3 is 2.54 bits per heavy atom. The van der Waals surface area contributed by atoms with Gasteiger partial charge in [0.05, 0.1) is 17.1 Å². The van der Waals surface area contributed by atoms with Crippen molar-refractivity contribution in [1.82, 2.24) is 9.78 Å². The molecule has 0 spiro atoms. The van der Waals surface area contributed by atoms with Gasteiger partial charge in [0.15, 0.2) is 0 Å². The summed E-state index contributed by atoms with van der Waals surface area (Å²) in [5, 5.41) is 13.5. The molecule has 0 aliphatic carbocycles. The summed E-state index contributed by atoms with van der Waals surface area (Å²) in [5.41, 5.74) is 5.32. The third-order valence-corrected chi connectivity index (χ3v) is 3.86. The van der Waals surface area contributed by atoms with E-state index in [1.54, 1.807) is 0 Å². The van der Waals surface area contributed by atoms with Gasteiger partial charge in [-0.1, -0.05) is 24.3 Å². The van der Waals surface area contributed by atoms with Gasteiger partial charge in [-0.3, -0.25) is 0 Å². The average Bonchev–Trinajstić information content (AvgIpc) is 2.95. The predicted molar refractivity (Wildman–Crippen MR) is 94.6 cm³/mol. The van der Waals surface area contributed by atoms with Crippen molar-refractivity contribution in [2.24, 2.45) is 0 Å². The Bertz CT molecular complexity index is 807. The molecule has 4 heteroatoms. The molecule has 24 heavy (non-hydrogen) atoms. The highest BCUT2D eigenvalue weighted by molar-refractivity contribution is 5.37. The smallest absolute Gasteiger partial charge is 0.130 e. The van der Waals surface area contributed by atoms with Gasteiger partial charge in [-0.25, -0.2) is 4.68 Å². The van der Waals surface area contributed by atoms with Crippen molar-refractivity contribution in [1.29, 1.82) is 0 Å². The van der Waals surface area contributed by atoms with Crippen LogP contribution in [0.4, 0.5) is 0 Å². The second-order valence-corrected chi connectivity index (χ2v) is 5.93. The van der Waals surface area contributed by atoms with Gasteiger partial charge >= 0.3 is 0 Å². The Hall–Kier alpha value is -2.59. The molecule has 0 atom stereocenters. The molecule has 0 bridgehead atoms. The molecule has 4 nitrogen and oxygen atoms in total. The van der Waals surface area contributed by atoms with E-state index in [1.165, 1.54) is 5.56 Å². The maximum atomic E-state index is 8.96. The highest BCUT2D eigenvalue weighted by atomic mass is 16.5. The van der Waals surface area contributed by atoms with Crippen molar-refractivity contribution in [3.05, 3.63) is 77.1 Å². The van der Waals surface area contributed by atoms with Crippen molar-refractivity contribution in [3.63, 3.8) is 0 Å². The average molecular weight is 322 g/mol. The van der Waals surface area contributed by atoms with Gasteiger partial charge in [0.2, 0.25) is 0 Å². The Labute approximate surface area is 142 Å². The van der Waals surface area contributed by atoms with E-state index in [0.29, 0.717) is 13.0 Å². The van der Waals surface area contributed by atoms with Crippen LogP contribution in [0.15, 0.2) is 54.6 Å². The van der Waals surface area contributed by atoms with Gasteiger partial charge in [0.25, 0.3) is 0 Å². The molecule has 0 aliphatic heterocycles. The van der Waals surface area contributed by atoms with E-state index >= 15 is 0 Å². The Morgan fingerprint density at radius 1 is 1.04 bits per heavy atom. The topological polar surface area (TPSA) is 47.3 Å². The van der Waals surface area contributed by atoms with Crippen LogP contribution in [0.5, 0.6) is 5.75 Å². The lowest BCUT2D eigenvalue weighted by Crippen LogP contribution is -2.06. The summed E-state index contributed by atoms with van der Waals surface area (Å²) in [6.07, 6.45) is 0.666. The number of benzene rings is 2. The van der Waals surface area contributed by atoms with Crippen LogP contribution in [0.1, 0.15) is 22.5 Å². The summed E-state index contributed by atoms with van der Waals surface area (Å²) in [7, 11) is 0. The molecule has 1 aromatic heterocycles. The molecular formula is C20H22N2O2. The van der Waals surface area contributed by atoms with E-state index in [1.807, 2.05) is 54.1 Å². The second kappa shape index (κ2) is 7.32. The number of hydrogen-bond donors (Lipinski definition) is 1. The largest absolute Gasteiger partial charge is 0.487 e. The molecular weight excluding hydrogens is 300 g/mol. The van der Waals surface area contributed by atoms with E-state index < -0.39 is 0 Å². The van der Waals surface area contributed by atoms with Crippen LogP contribution in [0.2, 0.25) is 0 Å². The van der Waals surface area contributed by atoms with Gasteiger partial charge in [-0.05, 0) is 61.7 Å². The Balaban J connectivity index is 1.76. The van der Waals surface area contributed by atoms with E-state index in [4.69, 9.17) is 9.84 Å². The van der Waals surface area contributed by atoms with Crippen LogP contribution in [0, 0.1) is 13.8 Å². The summed E-state index contributed by atoms with van der Waals surface area (Å²) in [5.74, 6) is 0.811. The molecule has 0 saturated heterocycles. The molecule has 0 saturated carbocycles. The van der Waals surface area contributed by atoms with Crippen LogP contribution in [0.3, 0.4) is 0 Å². The molecule has 0 radical (unpaired) electrons. The van der Waals surface area contributed by atoms with Gasteiger partial charge in [0, 0.05) is 6.61 Å². The fraction of sp³-hybridized carbons (Fsp3) is 0.250. The third kappa shape index (κ3) is 3.84. The van der Waals surface area contributed by atoms with E-state index in [9.17, 15) is 0 Å². The number of rotatable bonds is 6. The standard InChI is InChI=1S/C20H22N2O2/c1-15-4-3-5-18(12-15)22-19(13-16(2)21-22)14-24-20-8-6-17(7-9-20)10-11-23/h3-9,12-13,23H,10-11,14H2,1-2H3. The molecule has 0 aliphatic rings. The monoisotopic (exact) mass is 322 g/mol. The van der Waals surface area contributed by atoms with Crippen LogP contribution >= 0.6 is 0 Å². The van der Waals surface area contributed by atoms with Crippen LogP contribution in [0.25, 0.3) is 5.69 Å². The first-order chi connectivity index (χ1) is 11.7. The minimum absolute atomic E-state index is 0.162. The Kier molecular flexibility index (Phi) is 4.96. The number of nitrogens with zero attached hydrogens (tertiary/aromatic N) is 2. The molecule has 0 unspecified atom stereocenters. The number of aliphatic hydroxyl groups is 1. The first kappa shape index (κ1) is 16.3. The van der Waals surface area contributed by atoms with Crippen LogP contribution in [-0.4, -0.2) is 21.5 Å². The highest BCUT2D eigenvalue weighted by Crippen LogP contribution is 2.18. The zero-order valence-corrected chi connectivity index (χ0v) is 14.1. The highest BCUT2D eigenvalue weighted by Gasteiger charge is 2.09. The lowest BCUT2D eigenvalue weighted by molar-refractivity contribution is 0.295. The van der Waals surface area contributed by atoms with Crippen LogP contribution in [-0.2, 0) is 13.0 Å². The van der Waals surface area contributed by atoms with Crippen molar-refractivity contribution in [3.8, 4) is 11.4 Å². The van der Waals surface area contributed by atoms with Crippen LogP contribution < -0.4 is 4.74 Å². The van der Waals surface area contributed by atoms with Crippen molar-refractivity contribution in [2.75, 3.05) is 6.61 Å². The molecule has 3 aromatic rings. The molecule has 0 fully saturated rings. The summed E-state index contributed by atoms with van der Waals surface area (Å²) in [6, 6.07) is 18.1. The fourth-order valence-electron chi connectivity index (χ4n) is 2.68. The van der Waals surface area contributed by atoms with E-state index in [0.717, 1.165) is 28.4 Å². The number of aryl methyl sites for hydroxylation is 2. The third-order valence-electron chi connectivity index (χ3n) is 3.86. The van der Waals surface area contributed by atoms with E-state index in [2.05, 4.69) is 24.2 Å². The SMILES string of the molecule is Cc1cccc(-n2nc(C)cc2COc2ccc(CCO)cc2)c1. The number of ether oxygens (including phenoxy) is 1. The normalized spacial score (nSPS) is 10.8. The number of aromatic nitrogens is 2. The molecule has 1 heterocycles. The van der Waals surface area contributed by atoms with Crippen molar-refractivity contribution < 1.29 is 9.84 Å². The van der Waals surface area contributed by atoms with Gasteiger partial charge in [0.1, 0.15) is 12.4 Å². The first-order valence-electron chi connectivity index (χ1n) is 8.11. The quantitative estimate of drug-likeness (QED) is 0.754. The first-order valence-corrected chi connectivity index (χ1v) is 8.11. The minimum atomic E-state index is 0.162. The maximum Gasteiger partial charge on any atom is 0.130 e. The summed E-state index contributed by atoms with van der Waals surface area (Å²) >= 11 is 0. The zero-order valence-electron chi connectivity index (χ0n) is 14.1. The summed E-state index contributed by atoms with van der Waals surface area (Å²) in [4.78, 5) is 0. The lowest BCUT2D eigenvalue weighted by atomic mass is 10.1. The molecule has 0 amide bonds. The molecule has 124 valence electrons. The van der Waals surface area contributed by atoms with Gasteiger partial charge < -0.3 is 9.84 Å². The summed E-state index contributed by atoms with van der Waals surface area (Å²) < 4.78 is 7.84. The minimum Gasteiger partial charge on any atom is -0.487 e. The predicted octanol–water partition coefficient (Wildman–Crippen LogP) is 3.60. The number of aliphatic hydroxyl groups excluding tert-OH is 1. The second-order valence-electron chi connectivity index (χ2n) is 5.93. The van der Waals surface area contributed by atoms with Crippen molar-refractivity contribution in [2.45, 2.75) is 26.9 Å². The summed E-state index contributed by atoms with van der Waals surface area (Å²) in [6.45, 7) is 4.67. The lowest BCUT2D eigenvalue weighted by Gasteiger charge is -2.10. The van der Waals surface area contributed by atoms with Gasteiger partial charge in [-0.2, -0.15) is 5.10 Å². The zero-order chi connectivity index (χ0) is 16.9. The molecule has 1 N–H and O–H groups in total. The molecule has 3 rings (SSSR count). The Morgan fingerprint density at radius 2 is 1.83 bits per heavy atom. The maximum absolute atomic E-state index is 8.96. The van der Waals surface area contributed by atoms with Gasteiger partial charge in [-0.15, -0.1) is 0 Å². The number of hydrogen-bond acceptors (Lipinski definition) is 3. The fourth-order valence-corrected chi connectivity index (χ4v) is 2.68.